The van der Waals surface area contributed by atoms with Crippen molar-refractivity contribution in [1.29, 1.82) is 0 Å². The molecule has 0 amide bonds. The summed E-state index contributed by atoms with van der Waals surface area (Å²) < 4.78 is 10.5. The number of methoxy groups -OCH3 is 1. The Kier molecular flexibility index (Phi) is 7.54. The van der Waals surface area contributed by atoms with Crippen molar-refractivity contribution in [2.24, 2.45) is 0 Å². The average Bonchev–Trinajstić information content (AvgIpc) is 2.41. The molecule has 5 heteroatoms. The molecule has 114 valence electrons. The number of ether oxygens (including phenoxy) is 2. The van der Waals surface area contributed by atoms with Crippen LogP contribution in [0, 0.1) is 13.8 Å². The Hall–Kier alpha value is -1.14. The van der Waals surface area contributed by atoms with Crippen LogP contribution in [0.25, 0.3) is 0 Å². The minimum atomic E-state index is -0.624. The monoisotopic (exact) mass is 283 g/mol. The molecule has 0 fully saturated rings. The fourth-order valence-electron chi connectivity index (χ4n) is 2.17. The first-order valence-corrected chi connectivity index (χ1v) is 6.82. The third kappa shape index (κ3) is 5.09. The Morgan fingerprint density at radius 1 is 1.25 bits per heavy atom. The lowest BCUT2D eigenvalue weighted by atomic mass is 10.0. The molecule has 0 bridgehead atoms. The van der Waals surface area contributed by atoms with Crippen LogP contribution in [0.2, 0.25) is 0 Å². The SMILES string of the molecule is COc1c(C)cc(C)cc1C(O)CNCCOCCO. The molecular formula is C15H25NO4. The van der Waals surface area contributed by atoms with Crippen LogP contribution >= 0.6 is 0 Å². The van der Waals surface area contributed by atoms with Crippen molar-refractivity contribution < 1.29 is 19.7 Å². The quantitative estimate of drug-likeness (QED) is 0.589. The number of rotatable bonds is 9. The number of benzene rings is 1. The first kappa shape index (κ1) is 16.9. The Morgan fingerprint density at radius 3 is 2.65 bits per heavy atom. The molecule has 0 radical (unpaired) electrons. The van der Waals surface area contributed by atoms with Crippen LogP contribution in [-0.4, -0.2) is 50.2 Å². The van der Waals surface area contributed by atoms with Gasteiger partial charge in [0.15, 0.2) is 0 Å². The number of hydrogen-bond donors (Lipinski definition) is 3. The lowest BCUT2D eigenvalue weighted by molar-refractivity contribution is 0.0909. The van der Waals surface area contributed by atoms with E-state index in [1.54, 1.807) is 7.11 Å². The fraction of sp³-hybridized carbons (Fsp3) is 0.600. The van der Waals surface area contributed by atoms with E-state index in [2.05, 4.69) is 5.32 Å². The van der Waals surface area contributed by atoms with Gasteiger partial charge in [-0.1, -0.05) is 11.6 Å². The van der Waals surface area contributed by atoms with Crippen LogP contribution in [0.5, 0.6) is 5.75 Å². The maximum absolute atomic E-state index is 10.3. The van der Waals surface area contributed by atoms with Gasteiger partial charge in [-0.05, 0) is 25.5 Å². The van der Waals surface area contributed by atoms with E-state index in [9.17, 15) is 5.11 Å². The van der Waals surface area contributed by atoms with Crippen molar-refractivity contribution in [3.63, 3.8) is 0 Å². The summed E-state index contributed by atoms with van der Waals surface area (Å²) in [5, 5.41) is 22.0. The normalized spacial score (nSPS) is 12.4. The van der Waals surface area contributed by atoms with Crippen molar-refractivity contribution in [3.8, 4) is 5.75 Å². The molecule has 0 aliphatic rings. The van der Waals surface area contributed by atoms with Gasteiger partial charge in [-0.25, -0.2) is 0 Å². The van der Waals surface area contributed by atoms with E-state index in [1.165, 1.54) is 0 Å². The molecule has 1 atom stereocenters. The van der Waals surface area contributed by atoms with Crippen LogP contribution in [0.3, 0.4) is 0 Å². The van der Waals surface area contributed by atoms with Gasteiger partial charge in [0.1, 0.15) is 5.75 Å². The Bertz CT molecular complexity index is 409. The number of aryl methyl sites for hydroxylation is 2. The summed E-state index contributed by atoms with van der Waals surface area (Å²) in [5.41, 5.74) is 2.92. The Labute approximate surface area is 120 Å². The van der Waals surface area contributed by atoms with Crippen LogP contribution in [-0.2, 0) is 4.74 Å². The molecule has 1 unspecified atom stereocenters. The predicted octanol–water partition coefficient (Wildman–Crippen LogP) is 0.944. The maximum Gasteiger partial charge on any atom is 0.127 e. The highest BCUT2D eigenvalue weighted by molar-refractivity contribution is 5.45. The van der Waals surface area contributed by atoms with Crippen molar-refractivity contribution in [3.05, 3.63) is 28.8 Å². The van der Waals surface area contributed by atoms with E-state index >= 15 is 0 Å². The minimum Gasteiger partial charge on any atom is -0.496 e. The molecule has 20 heavy (non-hydrogen) atoms. The van der Waals surface area contributed by atoms with Gasteiger partial charge in [-0.15, -0.1) is 0 Å². The van der Waals surface area contributed by atoms with Gasteiger partial charge in [0.05, 0.1) is 33.0 Å². The van der Waals surface area contributed by atoms with Crippen LogP contribution in [0.4, 0.5) is 0 Å². The molecule has 1 aromatic carbocycles. The van der Waals surface area contributed by atoms with Gasteiger partial charge in [-0.2, -0.15) is 0 Å². The van der Waals surface area contributed by atoms with Crippen molar-refractivity contribution in [1.82, 2.24) is 5.32 Å². The van der Waals surface area contributed by atoms with E-state index in [4.69, 9.17) is 14.6 Å². The van der Waals surface area contributed by atoms with E-state index in [0.29, 0.717) is 26.3 Å². The zero-order valence-electron chi connectivity index (χ0n) is 12.5. The molecule has 0 spiro atoms. The maximum atomic E-state index is 10.3. The summed E-state index contributed by atoms with van der Waals surface area (Å²) >= 11 is 0. The van der Waals surface area contributed by atoms with Gasteiger partial charge < -0.3 is 25.0 Å². The molecule has 0 aromatic heterocycles. The number of aliphatic hydroxyl groups excluding tert-OH is 2. The highest BCUT2D eigenvalue weighted by Gasteiger charge is 2.15. The first-order chi connectivity index (χ1) is 9.60. The van der Waals surface area contributed by atoms with Crippen LogP contribution in [0.1, 0.15) is 22.8 Å². The molecule has 0 aliphatic heterocycles. The molecule has 3 N–H and O–H groups in total. The lowest BCUT2D eigenvalue weighted by Gasteiger charge is -2.18. The van der Waals surface area contributed by atoms with E-state index in [-0.39, 0.29) is 6.61 Å². The molecule has 0 saturated carbocycles. The van der Waals surface area contributed by atoms with Crippen molar-refractivity contribution in [2.45, 2.75) is 20.0 Å². The second-order valence-corrected chi connectivity index (χ2v) is 4.76. The zero-order valence-corrected chi connectivity index (χ0v) is 12.5. The predicted molar refractivity (Wildman–Crippen MR) is 78.2 cm³/mol. The van der Waals surface area contributed by atoms with E-state index in [1.807, 2.05) is 26.0 Å². The third-order valence-corrected chi connectivity index (χ3v) is 3.01. The summed E-state index contributed by atoms with van der Waals surface area (Å²) in [6.45, 7) is 5.91. The summed E-state index contributed by atoms with van der Waals surface area (Å²) in [6, 6.07) is 3.98. The Balaban J connectivity index is 2.52. The van der Waals surface area contributed by atoms with Gasteiger partial charge >= 0.3 is 0 Å². The topological polar surface area (TPSA) is 71.0 Å². The average molecular weight is 283 g/mol. The van der Waals surface area contributed by atoms with Crippen molar-refractivity contribution in [2.75, 3.05) is 40.0 Å². The number of aliphatic hydroxyl groups is 2. The summed E-state index contributed by atoms with van der Waals surface area (Å²) in [5.74, 6) is 0.737. The van der Waals surface area contributed by atoms with Crippen LogP contribution in [0.15, 0.2) is 12.1 Å². The molecule has 0 saturated heterocycles. The van der Waals surface area contributed by atoms with Crippen LogP contribution < -0.4 is 10.1 Å². The lowest BCUT2D eigenvalue weighted by Crippen LogP contribution is -2.26. The molecule has 0 heterocycles. The fourth-order valence-corrected chi connectivity index (χ4v) is 2.17. The number of nitrogens with one attached hydrogen (secondary N) is 1. The third-order valence-electron chi connectivity index (χ3n) is 3.01. The van der Waals surface area contributed by atoms with Gasteiger partial charge in [0.25, 0.3) is 0 Å². The first-order valence-electron chi connectivity index (χ1n) is 6.82. The highest BCUT2D eigenvalue weighted by atomic mass is 16.5. The van der Waals surface area contributed by atoms with Gasteiger partial charge in [0.2, 0.25) is 0 Å². The molecule has 0 aliphatic carbocycles. The summed E-state index contributed by atoms with van der Waals surface area (Å²) in [6.07, 6.45) is -0.624. The highest BCUT2D eigenvalue weighted by Crippen LogP contribution is 2.29. The molecule has 1 rings (SSSR count). The molecule has 5 nitrogen and oxygen atoms in total. The van der Waals surface area contributed by atoms with Gasteiger partial charge in [0, 0.05) is 18.7 Å². The number of hydrogen-bond acceptors (Lipinski definition) is 5. The largest absolute Gasteiger partial charge is 0.496 e. The van der Waals surface area contributed by atoms with Crippen molar-refractivity contribution >= 4 is 0 Å². The summed E-state index contributed by atoms with van der Waals surface area (Å²) in [7, 11) is 1.62. The molecule has 1 aromatic rings. The standard InChI is InChI=1S/C15H25NO4/c1-11-8-12(2)15(19-3)13(9-11)14(18)10-16-4-6-20-7-5-17/h8-9,14,16-18H,4-7,10H2,1-3H3. The zero-order chi connectivity index (χ0) is 15.0. The minimum absolute atomic E-state index is 0.0302. The van der Waals surface area contributed by atoms with E-state index < -0.39 is 6.10 Å². The Morgan fingerprint density at radius 2 is 2.00 bits per heavy atom. The summed E-state index contributed by atoms with van der Waals surface area (Å²) in [4.78, 5) is 0. The molecular weight excluding hydrogens is 258 g/mol. The second kappa shape index (κ2) is 8.92. The van der Waals surface area contributed by atoms with E-state index in [0.717, 1.165) is 22.4 Å². The smallest absolute Gasteiger partial charge is 0.127 e. The second-order valence-electron chi connectivity index (χ2n) is 4.76. The van der Waals surface area contributed by atoms with Gasteiger partial charge in [-0.3, -0.25) is 0 Å².